The molecule has 0 aliphatic carbocycles. The Labute approximate surface area is 81.0 Å². The van der Waals surface area contributed by atoms with Gasteiger partial charge in [-0.3, -0.25) is 4.84 Å². The Morgan fingerprint density at radius 3 is 2.79 bits per heavy atom. The van der Waals surface area contributed by atoms with E-state index in [-0.39, 0.29) is 0 Å². The third kappa shape index (κ3) is 5.41. The summed E-state index contributed by atoms with van der Waals surface area (Å²) in [5.74, 6) is 0.372. The number of alkyl halides is 3. The minimum Gasteiger partial charge on any atom is -0.316 e. The van der Waals surface area contributed by atoms with Crippen LogP contribution in [0.15, 0.2) is 0 Å². The van der Waals surface area contributed by atoms with E-state index in [1.54, 1.807) is 0 Å². The Bertz CT molecular complexity index is 157. The van der Waals surface area contributed by atoms with Gasteiger partial charge in [0.2, 0.25) is 0 Å². The molecule has 1 heterocycles. The van der Waals surface area contributed by atoms with Gasteiger partial charge in [-0.1, -0.05) is 0 Å². The van der Waals surface area contributed by atoms with Crippen LogP contribution in [0.1, 0.15) is 12.8 Å². The third-order valence-corrected chi connectivity index (χ3v) is 2.11. The predicted octanol–water partition coefficient (Wildman–Crippen LogP) is 1.07. The average Bonchev–Trinajstić information content (AvgIpc) is 2.13. The fourth-order valence-corrected chi connectivity index (χ4v) is 1.41. The van der Waals surface area contributed by atoms with E-state index in [4.69, 9.17) is 0 Å². The molecule has 1 atom stereocenters. The van der Waals surface area contributed by atoms with E-state index in [9.17, 15) is 13.2 Å². The molecule has 0 aromatic heterocycles. The first-order chi connectivity index (χ1) is 6.58. The van der Waals surface area contributed by atoms with Crippen LogP contribution in [-0.4, -0.2) is 32.4 Å². The highest BCUT2D eigenvalue weighted by atomic mass is 19.4. The molecule has 2 N–H and O–H groups in total. The number of nitrogens with one attached hydrogen (secondary N) is 2. The Kier molecular flexibility index (Phi) is 4.64. The molecule has 1 saturated heterocycles. The summed E-state index contributed by atoms with van der Waals surface area (Å²) < 4.78 is 34.9. The Balaban J connectivity index is 1.97. The molecule has 1 aliphatic heterocycles. The summed E-state index contributed by atoms with van der Waals surface area (Å²) in [7, 11) is 0. The molecule has 0 aromatic carbocycles. The van der Waals surface area contributed by atoms with Crippen LogP contribution >= 0.6 is 0 Å². The highest BCUT2D eigenvalue weighted by Gasteiger charge is 2.27. The predicted molar refractivity (Wildman–Crippen MR) is 45.6 cm³/mol. The fraction of sp³-hybridized carbons (Fsp3) is 1.00. The minimum atomic E-state index is -4.25. The van der Waals surface area contributed by atoms with Crippen molar-refractivity contribution in [1.82, 2.24) is 10.8 Å². The van der Waals surface area contributed by atoms with E-state index in [0.29, 0.717) is 12.5 Å². The van der Waals surface area contributed by atoms with Crippen LogP contribution in [0.25, 0.3) is 0 Å². The fourth-order valence-electron chi connectivity index (χ4n) is 1.41. The molecular weight excluding hydrogens is 197 g/mol. The first kappa shape index (κ1) is 11.7. The van der Waals surface area contributed by atoms with Crippen LogP contribution in [0.5, 0.6) is 0 Å². The van der Waals surface area contributed by atoms with Crippen LogP contribution in [0.2, 0.25) is 0 Å². The molecule has 0 amide bonds. The van der Waals surface area contributed by atoms with Crippen molar-refractivity contribution in [1.29, 1.82) is 0 Å². The lowest BCUT2D eigenvalue weighted by molar-refractivity contribution is -0.190. The lowest BCUT2D eigenvalue weighted by Crippen LogP contribution is -2.37. The molecule has 6 heteroatoms. The maximum absolute atomic E-state index is 11.6. The normalized spacial score (nSPS) is 23.8. The lowest BCUT2D eigenvalue weighted by atomic mass is 10.0. The van der Waals surface area contributed by atoms with Crippen molar-refractivity contribution in [2.75, 3.05) is 26.2 Å². The Morgan fingerprint density at radius 2 is 2.21 bits per heavy atom. The largest absolute Gasteiger partial charge is 0.413 e. The van der Waals surface area contributed by atoms with Gasteiger partial charge in [0.05, 0.1) is 0 Å². The van der Waals surface area contributed by atoms with Crippen molar-refractivity contribution < 1.29 is 18.0 Å². The van der Waals surface area contributed by atoms with Crippen molar-refractivity contribution >= 4 is 0 Å². The first-order valence-electron chi connectivity index (χ1n) is 4.70. The van der Waals surface area contributed by atoms with Gasteiger partial charge >= 0.3 is 6.18 Å². The molecule has 0 spiro atoms. The zero-order chi connectivity index (χ0) is 10.4. The zero-order valence-electron chi connectivity index (χ0n) is 7.86. The van der Waals surface area contributed by atoms with Crippen molar-refractivity contribution in [2.24, 2.45) is 5.92 Å². The highest BCUT2D eigenvalue weighted by molar-refractivity contribution is 4.69. The van der Waals surface area contributed by atoms with E-state index < -0.39 is 12.8 Å². The van der Waals surface area contributed by atoms with Crippen LogP contribution in [0, 0.1) is 5.92 Å². The van der Waals surface area contributed by atoms with Crippen LogP contribution < -0.4 is 10.8 Å². The standard InChI is InChI=1S/C8H15F3N2O/c9-8(10,11)6-14-13-5-7-2-1-3-12-4-7/h7,12-13H,1-6H2. The topological polar surface area (TPSA) is 33.3 Å². The zero-order valence-corrected chi connectivity index (χ0v) is 7.86. The quantitative estimate of drug-likeness (QED) is 0.540. The molecule has 0 aromatic rings. The average molecular weight is 212 g/mol. The monoisotopic (exact) mass is 212 g/mol. The van der Waals surface area contributed by atoms with E-state index in [1.807, 2.05) is 0 Å². The summed E-state index contributed by atoms with van der Waals surface area (Å²) in [4.78, 5) is 4.30. The van der Waals surface area contributed by atoms with E-state index >= 15 is 0 Å². The summed E-state index contributed by atoms with van der Waals surface area (Å²) in [6, 6.07) is 0. The smallest absolute Gasteiger partial charge is 0.316 e. The summed E-state index contributed by atoms with van der Waals surface area (Å²) in [5, 5.41) is 3.17. The second-order valence-electron chi connectivity index (χ2n) is 3.46. The Hall–Kier alpha value is -0.330. The Morgan fingerprint density at radius 1 is 1.43 bits per heavy atom. The lowest BCUT2D eigenvalue weighted by Gasteiger charge is -2.22. The maximum atomic E-state index is 11.6. The van der Waals surface area contributed by atoms with E-state index in [2.05, 4.69) is 15.6 Å². The highest BCUT2D eigenvalue weighted by Crippen LogP contribution is 2.14. The molecule has 1 aliphatic rings. The van der Waals surface area contributed by atoms with Gasteiger partial charge in [-0.25, -0.2) is 5.48 Å². The molecule has 1 unspecified atom stereocenters. The van der Waals surface area contributed by atoms with Gasteiger partial charge in [-0.05, 0) is 31.8 Å². The van der Waals surface area contributed by atoms with Gasteiger partial charge in [0.1, 0.15) is 0 Å². The number of halogens is 3. The van der Waals surface area contributed by atoms with Crippen molar-refractivity contribution in [3.63, 3.8) is 0 Å². The number of rotatable bonds is 4. The van der Waals surface area contributed by atoms with Gasteiger partial charge in [-0.15, -0.1) is 0 Å². The summed E-state index contributed by atoms with van der Waals surface area (Å²) in [6.07, 6.45) is -2.14. The van der Waals surface area contributed by atoms with Gasteiger partial charge in [0.15, 0.2) is 6.61 Å². The number of piperidine rings is 1. The van der Waals surface area contributed by atoms with Crippen LogP contribution in [0.4, 0.5) is 13.2 Å². The molecule has 14 heavy (non-hydrogen) atoms. The van der Waals surface area contributed by atoms with Crippen molar-refractivity contribution in [3.8, 4) is 0 Å². The molecular formula is C8H15F3N2O. The SMILES string of the molecule is FC(F)(F)CONCC1CCCNC1. The molecule has 0 saturated carbocycles. The second-order valence-corrected chi connectivity index (χ2v) is 3.46. The summed E-state index contributed by atoms with van der Waals surface area (Å²) >= 11 is 0. The van der Waals surface area contributed by atoms with Gasteiger partial charge in [0.25, 0.3) is 0 Å². The molecule has 84 valence electrons. The summed E-state index contributed by atoms with van der Waals surface area (Å²) in [5.41, 5.74) is 2.35. The minimum absolute atomic E-state index is 0.372. The number of hydrogen-bond donors (Lipinski definition) is 2. The molecule has 1 rings (SSSR count). The van der Waals surface area contributed by atoms with Gasteiger partial charge < -0.3 is 5.32 Å². The molecule has 3 nitrogen and oxygen atoms in total. The van der Waals surface area contributed by atoms with Crippen molar-refractivity contribution in [2.45, 2.75) is 19.0 Å². The van der Waals surface area contributed by atoms with Crippen LogP contribution in [0.3, 0.4) is 0 Å². The van der Waals surface area contributed by atoms with E-state index in [1.165, 1.54) is 0 Å². The summed E-state index contributed by atoms with van der Waals surface area (Å²) in [6.45, 7) is 1.10. The third-order valence-electron chi connectivity index (χ3n) is 2.11. The van der Waals surface area contributed by atoms with Crippen LogP contribution in [-0.2, 0) is 4.84 Å². The maximum Gasteiger partial charge on any atom is 0.413 e. The first-order valence-corrected chi connectivity index (χ1v) is 4.70. The van der Waals surface area contributed by atoms with E-state index in [0.717, 1.165) is 25.9 Å². The molecule has 0 bridgehead atoms. The number of hydrogen-bond acceptors (Lipinski definition) is 3. The second kappa shape index (κ2) is 5.53. The van der Waals surface area contributed by atoms with Gasteiger partial charge in [0, 0.05) is 6.54 Å². The number of hydroxylamine groups is 1. The molecule has 0 radical (unpaired) electrons. The molecule has 1 fully saturated rings. The van der Waals surface area contributed by atoms with Gasteiger partial charge in [-0.2, -0.15) is 13.2 Å². The van der Waals surface area contributed by atoms with Crippen molar-refractivity contribution in [3.05, 3.63) is 0 Å².